The highest BCUT2D eigenvalue weighted by atomic mass is 35.5. The third-order valence-electron chi connectivity index (χ3n) is 4.78. The quantitative estimate of drug-likeness (QED) is 0.644. The van der Waals surface area contributed by atoms with E-state index in [9.17, 15) is 19.5 Å². The van der Waals surface area contributed by atoms with Crippen molar-refractivity contribution in [2.24, 2.45) is 12.1 Å². The Morgan fingerprint density at radius 1 is 1.23 bits per heavy atom. The van der Waals surface area contributed by atoms with Crippen molar-refractivity contribution in [2.75, 3.05) is 11.6 Å². The van der Waals surface area contributed by atoms with Gasteiger partial charge < -0.3 is 5.11 Å². The molecule has 1 aliphatic heterocycles. The standard InChI is InChI=1S/C18H16Cl2N6O4/c1-9-6-24-14-15(21-17(24)26(22-9)8-13(27)28)23(2)18(30)25(16(14)29)7-10-11(19)4-3-5-12(10)20/h3-5H,6-8H2,1-2H3,(H,27,28). The summed E-state index contributed by atoms with van der Waals surface area (Å²) in [7, 11) is 1.49. The zero-order valence-corrected chi connectivity index (χ0v) is 17.5. The summed E-state index contributed by atoms with van der Waals surface area (Å²) in [6, 6.07) is 4.92. The lowest BCUT2D eigenvalue weighted by atomic mass is 10.2. The Morgan fingerprint density at radius 2 is 1.90 bits per heavy atom. The normalized spacial score (nSPS) is 13.5. The van der Waals surface area contributed by atoms with Crippen LogP contribution in [0.2, 0.25) is 10.0 Å². The van der Waals surface area contributed by atoms with E-state index in [1.165, 1.54) is 16.6 Å². The van der Waals surface area contributed by atoms with E-state index in [1.54, 1.807) is 29.7 Å². The van der Waals surface area contributed by atoms with Crippen LogP contribution < -0.4 is 16.3 Å². The maximum Gasteiger partial charge on any atom is 0.332 e. The first-order valence-corrected chi connectivity index (χ1v) is 9.61. The number of carbonyl (C=O) groups is 1. The van der Waals surface area contributed by atoms with Gasteiger partial charge in [-0.2, -0.15) is 10.1 Å². The SMILES string of the molecule is CC1=NN(CC(=O)O)c2nc3c(c(=O)n(Cc4c(Cl)cccc4Cl)c(=O)n3C)n2C1. The largest absolute Gasteiger partial charge is 0.480 e. The summed E-state index contributed by atoms with van der Waals surface area (Å²) in [4.78, 5) is 41.8. The number of aromatic nitrogens is 4. The molecule has 0 amide bonds. The van der Waals surface area contributed by atoms with Crippen molar-refractivity contribution in [1.29, 1.82) is 0 Å². The maximum absolute atomic E-state index is 13.3. The van der Waals surface area contributed by atoms with Gasteiger partial charge in [0.25, 0.3) is 5.56 Å². The van der Waals surface area contributed by atoms with Crippen molar-refractivity contribution >= 4 is 52.0 Å². The van der Waals surface area contributed by atoms with Crippen LogP contribution in [0.1, 0.15) is 12.5 Å². The highest BCUT2D eigenvalue weighted by Crippen LogP contribution is 2.26. The molecule has 0 aliphatic carbocycles. The van der Waals surface area contributed by atoms with E-state index in [1.807, 2.05) is 0 Å². The average molecular weight is 451 g/mol. The highest BCUT2D eigenvalue weighted by Gasteiger charge is 2.28. The Bertz CT molecular complexity index is 1330. The van der Waals surface area contributed by atoms with E-state index < -0.39 is 23.8 Å². The molecule has 10 nitrogen and oxygen atoms in total. The number of halogens is 2. The Hall–Kier alpha value is -3.11. The molecule has 4 rings (SSSR count). The molecule has 0 atom stereocenters. The van der Waals surface area contributed by atoms with E-state index in [4.69, 9.17) is 23.2 Å². The van der Waals surface area contributed by atoms with Gasteiger partial charge in [-0.3, -0.25) is 23.3 Å². The predicted molar refractivity (Wildman–Crippen MR) is 113 cm³/mol. The van der Waals surface area contributed by atoms with Gasteiger partial charge in [-0.15, -0.1) is 0 Å². The minimum atomic E-state index is -1.10. The van der Waals surface area contributed by atoms with Crippen LogP contribution in [0.4, 0.5) is 5.95 Å². The van der Waals surface area contributed by atoms with Crippen LogP contribution in [0.5, 0.6) is 0 Å². The molecule has 0 radical (unpaired) electrons. The molecule has 1 N–H and O–H groups in total. The molecule has 2 aromatic heterocycles. The molecule has 0 bridgehead atoms. The third kappa shape index (κ3) is 3.17. The zero-order chi connectivity index (χ0) is 21.7. The molecule has 0 saturated heterocycles. The first-order chi connectivity index (χ1) is 14.2. The number of hydrazone groups is 1. The summed E-state index contributed by atoms with van der Waals surface area (Å²) in [5.74, 6) is -0.926. The van der Waals surface area contributed by atoms with Gasteiger partial charge in [0.05, 0.1) is 18.8 Å². The number of carboxylic acids is 1. The van der Waals surface area contributed by atoms with Gasteiger partial charge in [-0.05, 0) is 19.1 Å². The number of hydrogen-bond donors (Lipinski definition) is 1. The van der Waals surface area contributed by atoms with Crippen molar-refractivity contribution in [3.8, 4) is 0 Å². The third-order valence-corrected chi connectivity index (χ3v) is 5.49. The molecule has 30 heavy (non-hydrogen) atoms. The van der Waals surface area contributed by atoms with Crippen LogP contribution in [-0.2, 0) is 24.9 Å². The molecule has 0 saturated carbocycles. The van der Waals surface area contributed by atoms with Gasteiger partial charge >= 0.3 is 11.7 Å². The lowest BCUT2D eigenvalue weighted by molar-refractivity contribution is -0.135. The fourth-order valence-corrected chi connectivity index (χ4v) is 3.95. The van der Waals surface area contributed by atoms with E-state index in [0.29, 0.717) is 21.3 Å². The smallest absolute Gasteiger partial charge is 0.332 e. The molecule has 1 aliphatic rings. The number of rotatable bonds is 4. The minimum absolute atomic E-state index is 0.119. The molecular formula is C18H16Cl2N6O4. The second-order valence-corrected chi connectivity index (χ2v) is 7.70. The zero-order valence-electron chi connectivity index (χ0n) is 16.0. The van der Waals surface area contributed by atoms with Gasteiger partial charge in [0, 0.05) is 22.7 Å². The van der Waals surface area contributed by atoms with E-state index >= 15 is 0 Å². The summed E-state index contributed by atoms with van der Waals surface area (Å²) in [6.45, 7) is 1.40. The first-order valence-electron chi connectivity index (χ1n) is 8.85. The second kappa shape index (κ2) is 7.29. The fraction of sp³-hybridized carbons (Fsp3) is 0.278. The minimum Gasteiger partial charge on any atom is -0.480 e. The summed E-state index contributed by atoms with van der Waals surface area (Å²) in [5.41, 5.74) is 0.177. The second-order valence-electron chi connectivity index (χ2n) is 6.89. The Balaban J connectivity index is 1.96. The summed E-state index contributed by atoms with van der Waals surface area (Å²) in [5, 5.41) is 15.2. The van der Waals surface area contributed by atoms with Gasteiger partial charge in [-0.1, -0.05) is 29.3 Å². The summed E-state index contributed by atoms with van der Waals surface area (Å²) >= 11 is 12.4. The summed E-state index contributed by atoms with van der Waals surface area (Å²) in [6.07, 6.45) is 0. The van der Waals surface area contributed by atoms with E-state index in [-0.39, 0.29) is 30.2 Å². The van der Waals surface area contributed by atoms with Crippen LogP contribution in [0, 0.1) is 0 Å². The number of aliphatic carboxylic acids is 1. The molecule has 12 heteroatoms. The molecule has 156 valence electrons. The molecule has 3 heterocycles. The lowest BCUT2D eigenvalue weighted by Crippen LogP contribution is -2.40. The molecule has 0 fully saturated rings. The van der Waals surface area contributed by atoms with Crippen molar-refractivity contribution < 1.29 is 9.90 Å². The Labute approximate surface area is 179 Å². The van der Waals surface area contributed by atoms with Crippen molar-refractivity contribution in [3.05, 3.63) is 54.6 Å². The molecular weight excluding hydrogens is 435 g/mol. The first kappa shape index (κ1) is 20.2. The fourth-order valence-electron chi connectivity index (χ4n) is 3.43. The monoisotopic (exact) mass is 450 g/mol. The number of anilines is 1. The molecule has 3 aromatic rings. The molecule has 0 unspecified atom stereocenters. The number of imidazole rings is 1. The van der Waals surface area contributed by atoms with Crippen LogP contribution in [0.25, 0.3) is 11.2 Å². The maximum atomic E-state index is 13.3. The number of carboxylic acid groups (broad SMARTS) is 1. The number of fused-ring (bicyclic) bond motifs is 3. The Kier molecular flexibility index (Phi) is 4.91. The number of hydrogen-bond acceptors (Lipinski definition) is 6. The van der Waals surface area contributed by atoms with Crippen LogP contribution >= 0.6 is 23.2 Å². The van der Waals surface area contributed by atoms with Gasteiger partial charge in [-0.25, -0.2) is 9.80 Å². The van der Waals surface area contributed by atoms with E-state index in [0.717, 1.165) is 4.57 Å². The topological polar surface area (TPSA) is 115 Å². The number of benzene rings is 1. The van der Waals surface area contributed by atoms with Crippen LogP contribution in [-0.4, -0.2) is 42.0 Å². The Morgan fingerprint density at radius 3 is 2.53 bits per heavy atom. The highest BCUT2D eigenvalue weighted by molar-refractivity contribution is 6.35. The predicted octanol–water partition coefficient (Wildman–Crippen LogP) is 1.53. The number of aryl methyl sites for hydroxylation is 1. The average Bonchev–Trinajstić information content (AvgIpc) is 3.05. The van der Waals surface area contributed by atoms with Crippen molar-refractivity contribution in [1.82, 2.24) is 18.7 Å². The van der Waals surface area contributed by atoms with Gasteiger partial charge in [0.2, 0.25) is 5.95 Å². The van der Waals surface area contributed by atoms with Crippen LogP contribution in [0.3, 0.4) is 0 Å². The van der Waals surface area contributed by atoms with E-state index in [2.05, 4.69) is 10.1 Å². The summed E-state index contributed by atoms with van der Waals surface area (Å²) < 4.78 is 3.83. The lowest BCUT2D eigenvalue weighted by Gasteiger charge is -2.23. The van der Waals surface area contributed by atoms with Crippen molar-refractivity contribution in [3.63, 3.8) is 0 Å². The van der Waals surface area contributed by atoms with Gasteiger partial charge in [0.15, 0.2) is 11.2 Å². The molecule has 1 aromatic carbocycles. The number of nitrogens with zero attached hydrogens (tertiary/aromatic N) is 6. The van der Waals surface area contributed by atoms with Crippen molar-refractivity contribution in [2.45, 2.75) is 20.0 Å². The molecule has 0 spiro atoms. The van der Waals surface area contributed by atoms with Gasteiger partial charge in [0.1, 0.15) is 6.54 Å². The van der Waals surface area contributed by atoms with Crippen LogP contribution in [0.15, 0.2) is 32.9 Å².